The predicted octanol–water partition coefficient (Wildman–Crippen LogP) is 1.42. The second kappa shape index (κ2) is 6.74. The molecule has 23 heavy (non-hydrogen) atoms. The van der Waals surface area contributed by atoms with Crippen LogP contribution in [0, 0.1) is 5.92 Å². The van der Waals surface area contributed by atoms with Gasteiger partial charge in [-0.25, -0.2) is 15.0 Å². The number of amides is 1. The first-order valence-electron chi connectivity index (χ1n) is 7.52. The molecule has 8 nitrogen and oxygen atoms in total. The van der Waals surface area contributed by atoms with Crippen molar-refractivity contribution in [2.45, 2.75) is 26.0 Å². The number of hydrogen-bond acceptors (Lipinski definition) is 6. The summed E-state index contributed by atoms with van der Waals surface area (Å²) >= 11 is 0. The molecule has 2 atom stereocenters. The van der Waals surface area contributed by atoms with Crippen molar-refractivity contribution in [1.29, 1.82) is 0 Å². The van der Waals surface area contributed by atoms with E-state index < -0.39 is 0 Å². The molecule has 0 aromatic carbocycles. The standard InChI is InChI=1S/C15H19N5O3/c1-3-20-6-5-16-14(20)13-10(4-7-23-13)15(21)19-11-8-12(22-2)18-9-17-11/h5-6,8-10,13H,3-4,7H2,1-2H3,(H,17,18,19,21)/t10-,13-/m1/s1. The van der Waals surface area contributed by atoms with E-state index in [2.05, 4.69) is 20.3 Å². The van der Waals surface area contributed by atoms with Crippen LogP contribution >= 0.6 is 0 Å². The van der Waals surface area contributed by atoms with Gasteiger partial charge in [0.25, 0.3) is 0 Å². The van der Waals surface area contributed by atoms with Gasteiger partial charge in [-0.1, -0.05) is 0 Å². The fourth-order valence-corrected chi connectivity index (χ4v) is 2.70. The zero-order chi connectivity index (χ0) is 16.2. The van der Waals surface area contributed by atoms with Crippen LogP contribution in [0.5, 0.6) is 5.88 Å². The Morgan fingerprint density at radius 2 is 2.35 bits per heavy atom. The van der Waals surface area contributed by atoms with Crippen molar-refractivity contribution >= 4 is 11.7 Å². The molecule has 0 spiro atoms. The highest BCUT2D eigenvalue weighted by Crippen LogP contribution is 2.34. The zero-order valence-corrected chi connectivity index (χ0v) is 13.1. The van der Waals surface area contributed by atoms with Gasteiger partial charge in [-0.2, -0.15) is 0 Å². The monoisotopic (exact) mass is 317 g/mol. The first-order valence-corrected chi connectivity index (χ1v) is 7.52. The number of carbonyl (C=O) groups is 1. The van der Waals surface area contributed by atoms with Crippen LogP contribution < -0.4 is 10.1 Å². The van der Waals surface area contributed by atoms with Crippen LogP contribution in [-0.4, -0.2) is 39.1 Å². The molecule has 1 N–H and O–H groups in total. The quantitative estimate of drug-likeness (QED) is 0.897. The maximum absolute atomic E-state index is 12.6. The van der Waals surface area contributed by atoms with Gasteiger partial charge in [0, 0.05) is 31.6 Å². The molecule has 1 aliphatic heterocycles. The average molecular weight is 317 g/mol. The fraction of sp³-hybridized carbons (Fsp3) is 0.467. The Morgan fingerprint density at radius 1 is 1.48 bits per heavy atom. The summed E-state index contributed by atoms with van der Waals surface area (Å²) in [6.07, 6.45) is 5.27. The third kappa shape index (κ3) is 3.16. The topological polar surface area (TPSA) is 91.2 Å². The Balaban J connectivity index is 1.75. The largest absolute Gasteiger partial charge is 0.481 e. The Hall–Kier alpha value is -2.48. The first-order chi connectivity index (χ1) is 11.2. The van der Waals surface area contributed by atoms with Crippen LogP contribution in [0.2, 0.25) is 0 Å². The Kier molecular flexibility index (Phi) is 4.52. The number of nitrogens with one attached hydrogen (secondary N) is 1. The lowest BCUT2D eigenvalue weighted by atomic mass is 10.00. The number of rotatable bonds is 5. The highest BCUT2D eigenvalue weighted by atomic mass is 16.5. The third-order valence-corrected chi connectivity index (χ3v) is 3.87. The van der Waals surface area contributed by atoms with Gasteiger partial charge in [0.1, 0.15) is 24.1 Å². The van der Waals surface area contributed by atoms with E-state index in [1.54, 1.807) is 12.3 Å². The van der Waals surface area contributed by atoms with Crippen molar-refractivity contribution < 1.29 is 14.3 Å². The normalized spacial score (nSPS) is 20.4. The van der Waals surface area contributed by atoms with Crippen molar-refractivity contribution in [1.82, 2.24) is 19.5 Å². The Bertz CT molecular complexity index is 687. The number of ether oxygens (including phenoxy) is 2. The SMILES string of the molecule is CCn1ccnc1[C@@H]1OCC[C@H]1C(=O)Nc1cc(OC)ncn1. The molecule has 2 aromatic heterocycles. The molecule has 1 saturated heterocycles. The molecule has 8 heteroatoms. The highest BCUT2D eigenvalue weighted by Gasteiger charge is 2.37. The second-order valence-electron chi connectivity index (χ2n) is 5.19. The summed E-state index contributed by atoms with van der Waals surface area (Å²) in [7, 11) is 1.51. The molecule has 122 valence electrons. The third-order valence-electron chi connectivity index (χ3n) is 3.87. The fourth-order valence-electron chi connectivity index (χ4n) is 2.70. The maximum atomic E-state index is 12.6. The lowest BCUT2D eigenvalue weighted by Gasteiger charge is -2.18. The van der Waals surface area contributed by atoms with Crippen LogP contribution in [0.15, 0.2) is 24.8 Å². The average Bonchev–Trinajstić information content (AvgIpc) is 3.23. The summed E-state index contributed by atoms with van der Waals surface area (Å²) in [5.41, 5.74) is 0. The van der Waals surface area contributed by atoms with Gasteiger partial charge < -0.3 is 19.4 Å². The van der Waals surface area contributed by atoms with Crippen LogP contribution in [-0.2, 0) is 16.1 Å². The number of methoxy groups -OCH3 is 1. The van der Waals surface area contributed by atoms with Crippen molar-refractivity contribution in [3.05, 3.63) is 30.6 Å². The van der Waals surface area contributed by atoms with Gasteiger partial charge in [0.2, 0.25) is 11.8 Å². The molecule has 2 aromatic rings. The molecular weight excluding hydrogens is 298 g/mol. The Morgan fingerprint density at radius 3 is 3.13 bits per heavy atom. The molecule has 1 aliphatic rings. The van der Waals surface area contributed by atoms with E-state index in [0.29, 0.717) is 24.7 Å². The molecular formula is C15H19N5O3. The van der Waals surface area contributed by atoms with Gasteiger partial charge in [-0.15, -0.1) is 0 Å². The van der Waals surface area contributed by atoms with Crippen molar-refractivity contribution in [2.75, 3.05) is 19.0 Å². The summed E-state index contributed by atoms with van der Waals surface area (Å²) in [6, 6.07) is 1.58. The van der Waals surface area contributed by atoms with E-state index in [9.17, 15) is 4.79 Å². The summed E-state index contributed by atoms with van der Waals surface area (Å²) in [6.45, 7) is 3.35. The molecule has 0 unspecified atom stereocenters. The summed E-state index contributed by atoms with van der Waals surface area (Å²) in [5, 5.41) is 2.80. The van der Waals surface area contributed by atoms with Gasteiger partial charge in [0.05, 0.1) is 13.0 Å². The van der Waals surface area contributed by atoms with Crippen LogP contribution in [0.4, 0.5) is 5.82 Å². The van der Waals surface area contributed by atoms with E-state index in [-0.39, 0.29) is 17.9 Å². The molecule has 0 aliphatic carbocycles. The summed E-state index contributed by atoms with van der Waals surface area (Å²) < 4.78 is 12.8. The van der Waals surface area contributed by atoms with E-state index >= 15 is 0 Å². The molecule has 1 amide bonds. The highest BCUT2D eigenvalue weighted by molar-refractivity contribution is 5.92. The minimum atomic E-state index is -0.339. The van der Waals surface area contributed by atoms with Crippen LogP contribution in [0.3, 0.4) is 0 Å². The number of aromatic nitrogens is 4. The number of aryl methyl sites for hydroxylation is 1. The number of hydrogen-bond donors (Lipinski definition) is 1. The van der Waals surface area contributed by atoms with E-state index in [0.717, 1.165) is 12.4 Å². The van der Waals surface area contributed by atoms with Gasteiger partial charge in [0.15, 0.2) is 0 Å². The summed E-state index contributed by atoms with van der Waals surface area (Å²) in [4.78, 5) is 24.9. The van der Waals surface area contributed by atoms with Crippen LogP contribution in [0.25, 0.3) is 0 Å². The predicted molar refractivity (Wildman–Crippen MR) is 81.9 cm³/mol. The molecule has 1 fully saturated rings. The molecule has 0 bridgehead atoms. The maximum Gasteiger partial charge on any atom is 0.231 e. The summed E-state index contributed by atoms with van der Waals surface area (Å²) in [5.74, 6) is 1.15. The smallest absolute Gasteiger partial charge is 0.231 e. The lowest BCUT2D eigenvalue weighted by Crippen LogP contribution is -2.27. The van der Waals surface area contributed by atoms with Crippen LogP contribution in [0.1, 0.15) is 25.3 Å². The molecule has 0 radical (unpaired) electrons. The molecule has 0 saturated carbocycles. The van der Waals surface area contributed by atoms with Gasteiger partial charge in [-0.3, -0.25) is 4.79 Å². The van der Waals surface area contributed by atoms with Crippen molar-refractivity contribution in [3.63, 3.8) is 0 Å². The first kappa shape index (κ1) is 15.4. The van der Waals surface area contributed by atoms with Gasteiger partial charge in [-0.05, 0) is 13.3 Å². The van der Waals surface area contributed by atoms with Crippen molar-refractivity contribution in [3.8, 4) is 5.88 Å². The zero-order valence-electron chi connectivity index (χ0n) is 13.1. The molecule has 3 heterocycles. The van der Waals surface area contributed by atoms with E-state index in [4.69, 9.17) is 9.47 Å². The number of nitrogens with zero attached hydrogens (tertiary/aromatic N) is 4. The Labute approximate surface area is 133 Å². The second-order valence-corrected chi connectivity index (χ2v) is 5.19. The van der Waals surface area contributed by atoms with Gasteiger partial charge >= 0.3 is 0 Å². The molecule has 3 rings (SSSR count). The minimum absolute atomic E-state index is 0.140. The number of anilines is 1. The van der Waals surface area contributed by atoms with E-state index in [1.807, 2.05) is 17.7 Å². The number of carbonyl (C=O) groups excluding carboxylic acids is 1. The minimum Gasteiger partial charge on any atom is -0.481 e. The lowest BCUT2D eigenvalue weighted by molar-refractivity contribution is -0.121. The van der Waals surface area contributed by atoms with E-state index in [1.165, 1.54) is 13.4 Å². The number of imidazole rings is 1. The van der Waals surface area contributed by atoms with Crippen molar-refractivity contribution in [2.24, 2.45) is 5.92 Å².